The topological polar surface area (TPSA) is 46.6 Å². The number of imide groups is 1. The van der Waals surface area contributed by atoms with E-state index < -0.39 is 6.09 Å². The number of amides is 2. The second-order valence-electron chi connectivity index (χ2n) is 4.77. The first-order valence-corrected chi connectivity index (χ1v) is 6.75. The average Bonchev–Trinajstić information content (AvgIpc) is 2.79. The summed E-state index contributed by atoms with van der Waals surface area (Å²) in [4.78, 5) is 25.0. The number of aryl methyl sites for hydroxylation is 1. The van der Waals surface area contributed by atoms with Gasteiger partial charge < -0.3 is 4.74 Å². The van der Waals surface area contributed by atoms with Crippen LogP contribution in [0.15, 0.2) is 30.3 Å². The summed E-state index contributed by atoms with van der Waals surface area (Å²) in [5, 5.41) is 0. The van der Waals surface area contributed by atoms with Crippen LogP contribution in [0, 0.1) is 0 Å². The van der Waals surface area contributed by atoms with Crippen molar-refractivity contribution in [1.82, 2.24) is 4.90 Å². The molecule has 0 aliphatic carbocycles. The van der Waals surface area contributed by atoms with Crippen LogP contribution in [-0.2, 0) is 16.0 Å². The lowest BCUT2D eigenvalue weighted by Crippen LogP contribution is -2.39. The number of rotatable bonds is 5. The minimum atomic E-state index is -0.489. The summed E-state index contributed by atoms with van der Waals surface area (Å²) >= 11 is 0. The Bertz CT molecular complexity index is 450. The van der Waals surface area contributed by atoms with E-state index in [1.165, 1.54) is 4.90 Å². The van der Waals surface area contributed by atoms with Crippen LogP contribution in [0.4, 0.5) is 4.79 Å². The van der Waals surface area contributed by atoms with E-state index in [0.29, 0.717) is 19.4 Å². The van der Waals surface area contributed by atoms with Gasteiger partial charge in [-0.05, 0) is 18.4 Å². The van der Waals surface area contributed by atoms with Crippen molar-refractivity contribution in [3.05, 3.63) is 35.9 Å². The molecule has 2 rings (SSSR count). The van der Waals surface area contributed by atoms with Gasteiger partial charge in [-0.2, -0.15) is 9.90 Å². The van der Waals surface area contributed by atoms with Gasteiger partial charge in [0.15, 0.2) is 0 Å². The molecule has 1 fully saturated rings. The molecular formula is C15H22NO3P. The number of carbonyl (C=O) groups is 2. The molecule has 0 saturated carbocycles. The van der Waals surface area contributed by atoms with E-state index in [9.17, 15) is 9.59 Å². The van der Waals surface area contributed by atoms with E-state index in [4.69, 9.17) is 4.74 Å². The molecule has 0 bridgehead atoms. The van der Waals surface area contributed by atoms with Gasteiger partial charge in [-0.25, -0.2) is 9.69 Å². The van der Waals surface area contributed by atoms with Crippen molar-refractivity contribution in [2.24, 2.45) is 0 Å². The van der Waals surface area contributed by atoms with Gasteiger partial charge in [0.2, 0.25) is 5.91 Å². The Morgan fingerprint density at radius 1 is 1.35 bits per heavy atom. The molecule has 1 unspecified atom stereocenters. The van der Waals surface area contributed by atoms with Gasteiger partial charge in [0.25, 0.3) is 0 Å². The highest BCUT2D eigenvalue weighted by atomic mass is 31.0. The Hall–Kier alpha value is -1.41. The molecule has 1 aliphatic rings. The highest BCUT2D eigenvalue weighted by Gasteiger charge is 2.36. The zero-order valence-electron chi connectivity index (χ0n) is 11.9. The van der Waals surface area contributed by atoms with Crippen molar-refractivity contribution in [2.45, 2.75) is 38.6 Å². The predicted molar refractivity (Wildman–Crippen MR) is 82.8 cm³/mol. The lowest BCUT2D eigenvalue weighted by molar-refractivity contribution is -0.129. The largest absolute Gasteiger partial charge is 0.447 e. The summed E-state index contributed by atoms with van der Waals surface area (Å²) in [5.41, 5.74) is 1.11. The minimum Gasteiger partial charge on any atom is -0.447 e. The third-order valence-electron chi connectivity index (χ3n) is 3.32. The van der Waals surface area contributed by atoms with Crippen LogP contribution in [0.3, 0.4) is 0 Å². The number of cyclic esters (lactones) is 1. The average molecular weight is 295 g/mol. The van der Waals surface area contributed by atoms with Crippen LogP contribution in [0.2, 0.25) is 0 Å². The van der Waals surface area contributed by atoms with Gasteiger partial charge in [0.1, 0.15) is 6.61 Å². The molecule has 1 aromatic carbocycles. The number of hydrogen-bond acceptors (Lipinski definition) is 3. The van der Waals surface area contributed by atoms with Crippen LogP contribution in [0.1, 0.15) is 31.7 Å². The van der Waals surface area contributed by atoms with Gasteiger partial charge in [0.05, 0.1) is 6.04 Å². The molecule has 2 atom stereocenters. The van der Waals surface area contributed by atoms with Gasteiger partial charge in [0, 0.05) is 6.42 Å². The lowest BCUT2D eigenvalue weighted by Gasteiger charge is -2.18. The summed E-state index contributed by atoms with van der Waals surface area (Å²) in [6.07, 6.45) is 2.25. The molecule has 1 heterocycles. The first-order valence-electron chi connectivity index (χ1n) is 6.75. The lowest BCUT2D eigenvalue weighted by atomic mass is 10.1. The van der Waals surface area contributed by atoms with Crippen molar-refractivity contribution in [3.63, 3.8) is 0 Å². The molecule has 0 spiro atoms. The Labute approximate surface area is 123 Å². The van der Waals surface area contributed by atoms with Crippen molar-refractivity contribution >= 4 is 21.9 Å². The van der Waals surface area contributed by atoms with E-state index in [1.807, 2.05) is 37.3 Å². The van der Waals surface area contributed by atoms with E-state index in [2.05, 4.69) is 0 Å². The molecule has 20 heavy (non-hydrogen) atoms. The van der Waals surface area contributed by atoms with Crippen molar-refractivity contribution in [1.29, 1.82) is 0 Å². The van der Waals surface area contributed by atoms with Crippen LogP contribution in [-0.4, -0.2) is 29.5 Å². The van der Waals surface area contributed by atoms with E-state index >= 15 is 0 Å². The number of ether oxygens (including phenoxy) is 1. The number of nitrogens with zero attached hydrogens (tertiary/aromatic N) is 1. The van der Waals surface area contributed by atoms with Gasteiger partial charge in [-0.15, -0.1) is 0 Å². The molecule has 0 N–H and O–H groups in total. The van der Waals surface area contributed by atoms with E-state index in [-0.39, 0.29) is 21.8 Å². The Morgan fingerprint density at radius 3 is 2.70 bits per heavy atom. The zero-order valence-corrected chi connectivity index (χ0v) is 13.3. The van der Waals surface area contributed by atoms with Crippen LogP contribution < -0.4 is 0 Å². The molecule has 5 heteroatoms. The van der Waals surface area contributed by atoms with Crippen LogP contribution >= 0.6 is 9.90 Å². The Kier molecular flexibility index (Phi) is 6.66. The maximum Gasteiger partial charge on any atom is 0.416 e. The standard InChI is InChI=1S/C15H19NO3.H3P/c1-2-6-13-11-19-15(18)16(13)14(17)10-9-12-7-4-3-5-8-12;/h3-5,7-8,13H,2,6,9-11H2,1H3;1H3/t13-;/m1./s1. The molecule has 110 valence electrons. The van der Waals surface area contributed by atoms with E-state index in [0.717, 1.165) is 18.4 Å². The van der Waals surface area contributed by atoms with Gasteiger partial charge >= 0.3 is 6.09 Å². The van der Waals surface area contributed by atoms with Crippen LogP contribution in [0.25, 0.3) is 0 Å². The van der Waals surface area contributed by atoms with Crippen LogP contribution in [0.5, 0.6) is 0 Å². The molecule has 4 nitrogen and oxygen atoms in total. The van der Waals surface area contributed by atoms with Crippen molar-refractivity contribution in [2.75, 3.05) is 6.61 Å². The SMILES string of the molecule is CCC[C@@H]1COC(=O)N1C(=O)CCc1ccccc1.P. The summed E-state index contributed by atoms with van der Waals surface area (Å²) < 4.78 is 4.97. The maximum absolute atomic E-state index is 12.1. The van der Waals surface area contributed by atoms with Crippen molar-refractivity contribution in [3.8, 4) is 0 Å². The highest BCUT2D eigenvalue weighted by molar-refractivity contribution is 6.92. The van der Waals surface area contributed by atoms with Gasteiger partial charge in [-0.1, -0.05) is 43.7 Å². The van der Waals surface area contributed by atoms with Gasteiger partial charge in [-0.3, -0.25) is 4.79 Å². The zero-order chi connectivity index (χ0) is 13.7. The summed E-state index contributed by atoms with van der Waals surface area (Å²) in [5.74, 6) is -0.134. The normalized spacial score (nSPS) is 17.6. The summed E-state index contributed by atoms with van der Waals surface area (Å²) in [6, 6.07) is 9.73. The molecule has 1 aliphatic heterocycles. The molecule has 0 radical (unpaired) electrons. The van der Waals surface area contributed by atoms with E-state index in [1.54, 1.807) is 0 Å². The quantitative estimate of drug-likeness (QED) is 0.785. The molecule has 0 aromatic heterocycles. The summed E-state index contributed by atoms with van der Waals surface area (Å²) in [6.45, 7) is 2.37. The third-order valence-corrected chi connectivity index (χ3v) is 3.32. The minimum absolute atomic E-state index is 0. The first-order chi connectivity index (χ1) is 9.22. The smallest absolute Gasteiger partial charge is 0.416 e. The highest BCUT2D eigenvalue weighted by Crippen LogP contribution is 2.18. The molecule has 1 aromatic rings. The maximum atomic E-state index is 12.1. The second kappa shape index (κ2) is 8.01. The van der Waals surface area contributed by atoms with Crippen molar-refractivity contribution < 1.29 is 14.3 Å². The third kappa shape index (κ3) is 4.04. The molecule has 1 saturated heterocycles. The number of carbonyl (C=O) groups excluding carboxylic acids is 2. The second-order valence-corrected chi connectivity index (χ2v) is 4.77. The Balaban J connectivity index is 0.00000200. The predicted octanol–water partition coefficient (Wildman–Crippen LogP) is 2.82. The molecular weight excluding hydrogens is 273 g/mol. The fraction of sp³-hybridized carbons (Fsp3) is 0.467. The molecule has 2 amide bonds. The first kappa shape index (κ1) is 16.6. The fourth-order valence-electron chi connectivity index (χ4n) is 2.33. The number of hydrogen-bond donors (Lipinski definition) is 0. The summed E-state index contributed by atoms with van der Waals surface area (Å²) in [7, 11) is 0. The monoisotopic (exact) mass is 295 g/mol. The number of benzene rings is 1. The Morgan fingerprint density at radius 2 is 2.05 bits per heavy atom. The fourth-order valence-corrected chi connectivity index (χ4v) is 2.33.